The molecule has 1 aliphatic rings. The van der Waals surface area contributed by atoms with Crippen LogP contribution < -0.4 is 5.32 Å². The molecule has 0 aliphatic carbocycles. The highest BCUT2D eigenvalue weighted by Gasteiger charge is 2.31. The Labute approximate surface area is 137 Å². The van der Waals surface area contributed by atoms with Crippen LogP contribution in [0.3, 0.4) is 0 Å². The van der Waals surface area contributed by atoms with Gasteiger partial charge in [0.15, 0.2) is 0 Å². The lowest BCUT2D eigenvalue weighted by Gasteiger charge is -2.33. The number of ether oxygens (including phenoxy) is 1. The van der Waals surface area contributed by atoms with E-state index in [1.54, 1.807) is 4.90 Å². The van der Waals surface area contributed by atoms with Crippen LogP contribution in [0.15, 0.2) is 6.33 Å². The van der Waals surface area contributed by atoms with Gasteiger partial charge in [0.05, 0.1) is 13.2 Å². The van der Waals surface area contributed by atoms with E-state index in [2.05, 4.69) is 51.5 Å². The molecule has 0 aromatic carbocycles. The number of anilines is 1. The molecule has 2 amide bonds. The molecule has 0 saturated carbocycles. The van der Waals surface area contributed by atoms with Crippen molar-refractivity contribution in [2.24, 2.45) is 0 Å². The summed E-state index contributed by atoms with van der Waals surface area (Å²) in [5.41, 5.74) is -0.0953. The maximum absolute atomic E-state index is 12.6. The second-order valence-electron chi connectivity index (χ2n) is 6.25. The van der Waals surface area contributed by atoms with Crippen molar-refractivity contribution in [3.05, 3.63) is 17.2 Å². The molecule has 1 aliphatic heterocycles. The number of amides is 2. The normalized spacial score (nSPS) is 18.9. The van der Waals surface area contributed by atoms with Crippen LogP contribution in [0.25, 0.3) is 0 Å². The number of aromatic nitrogens is 5. The summed E-state index contributed by atoms with van der Waals surface area (Å²) >= 11 is 1.38. The lowest BCUT2D eigenvalue weighted by Crippen LogP contribution is -2.45. The zero-order valence-corrected chi connectivity index (χ0v) is 14.1. The second-order valence-corrected chi connectivity index (χ2v) is 7.22. The lowest BCUT2D eigenvalue weighted by molar-refractivity contribution is 0.0118. The smallest absolute Gasteiger partial charge is 0.324 e. The van der Waals surface area contributed by atoms with Crippen molar-refractivity contribution in [2.45, 2.75) is 32.2 Å². The first kappa shape index (κ1) is 15.8. The summed E-state index contributed by atoms with van der Waals surface area (Å²) < 4.78 is 5.45. The molecule has 2 aromatic heterocycles. The van der Waals surface area contributed by atoms with E-state index in [1.807, 2.05) is 0 Å². The van der Waals surface area contributed by atoms with Crippen LogP contribution in [0.4, 0.5) is 9.93 Å². The zero-order chi connectivity index (χ0) is 16.4. The molecular weight excluding hydrogens is 318 g/mol. The number of rotatable bonds is 2. The van der Waals surface area contributed by atoms with Crippen LogP contribution >= 0.6 is 11.3 Å². The summed E-state index contributed by atoms with van der Waals surface area (Å²) in [5.74, 6) is 0.604. The van der Waals surface area contributed by atoms with Crippen LogP contribution in [0.2, 0.25) is 0 Å². The van der Waals surface area contributed by atoms with E-state index in [1.165, 1.54) is 17.7 Å². The molecule has 10 heteroatoms. The fraction of sp³-hybridized carbons (Fsp3) is 0.615. The van der Waals surface area contributed by atoms with E-state index in [-0.39, 0.29) is 17.5 Å². The van der Waals surface area contributed by atoms with Crippen LogP contribution in [0.5, 0.6) is 0 Å². The number of hydrogen-bond acceptors (Lipinski definition) is 7. The first-order chi connectivity index (χ1) is 10.9. The quantitative estimate of drug-likeness (QED) is 0.861. The first-order valence-corrected chi connectivity index (χ1v) is 8.11. The number of urea groups is 1. The summed E-state index contributed by atoms with van der Waals surface area (Å²) in [4.78, 5) is 18.4. The Morgan fingerprint density at radius 3 is 2.96 bits per heavy atom. The highest BCUT2D eigenvalue weighted by molar-refractivity contribution is 7.15. The molecule has 124 valence electrons. The standard InChI is InChI=1S/C13H19N7O2S/c1-13(2,3)10-18-19-11(23-10)16-12(21)20-4-5-22-6-8(20)9-14-7-15-17-9/h7-8H,4-6H2,1-3H3,(H,14,15,17)(H,16,19,21). The highest BCUT2D eigenvalue weighted by atomic mass is 32.1. The van der Waals surface area contributed by atoms with Gasteiger partial charge in [-0.05, 0) is 0 Å². The number of carbonyl (C=O) groups excluding carboxylic acids is 1. The molecule has 9 nitrogen and oxygen atoms in total. The minimum absolute atomic E-state index is 0.0953. The van der Waals surface area contributed by atoms with E-state index in [0.29, 0.717) is 30.7 Å². The summed E-state index contributed by atoms with van der Waals surface area (Å²) in [6, 6.07) is -0.535. The average molecular weight is 337 g/mol. The van der Waals surface area contributed by atoms with Crippen LogP contribution in [0, 0.1) is 0 Å². The van der Waals surface area contributed by atoms with Gasteiger partial charge in [0.1, 0.15) is 23.2 Å². The van der Waals surface area contributed by atoms with E-state index in [4.69, 9.17) is 4.74 Å². The van der Waals surface area contributed by atoms with Crippen molar-refractivity contribution in [1.29, 1.82) is 0 Å². The SMILES string of the molecule is CC(C)(C)c1nnc(NC(=O)N2CCOCC2c2ncn[nH]2)s1. The summed E-state index contributed by atoms with van der Waals surface area (Å²) in [6.45, 7) is 7.51. The van der Waals surface area contributed by atoms with Crippen molar-refractivity contribution >= 4 is 22.5 Å². The molecule has 1 unspecified atom stereocenters. The van der Waals surface area contributed by atoms with Gasteiger partial charge in [0.2, 0.25) is 5.13 Å². The Morgan fingerprint density at radius 1 is 1.48 bits per heavy atom. The van der Waals surface area contributed by atoms with E-state index >= 15 is 0 Å². The molecule has 0 radical (unpaired) electrons. The third-order valence-electron chi connectivity index (χ3n) is 3.42. The van der Waals surface area contributed by atoms with Gasteiger partial charge < -0.3 is 9.64 Å². The Kier molecular flexibility index (Phi) is 4.26. The van der Waals surface area contributed by atoms with Gasteiger partial charge in [-0.25, -0.2) is 9.78 Å². The molecule has 1 atom stereocenters. The molecule has 0 bridgehead atoms. The highest BCUT2D eigenvalue weighted by Crippen LogP contribution is 2.28. The van der Waals surface area contributed by atoms with Crippen LogP contribution in [-0.2, 0) is 10.2 Å². The molecule has 3 heterocycles. The Hall–Kier alpha value is -2.07. The number of nitrogens with one attached hydrogen (secondary N) is 2. The fourth-order valence-corrected chi connectivity index (χ4v) is 2.98. The van der Waals surface area contributed by atoms with Gasteiger partial charge in [0, 0.05) is 12.0 Å². The number of H-pyrrole nitrogens is 1. The largest absolute Gasteiger partial charge is 0.377 e. The van der Waals surface area contributed by atoms with Crippen molar-refractivity contribution in [1.82, 2.24) is 30.3 Å². The second kappa shape index (κ2) is 6.20. The number of aromatic amines is 1. The summed E-state index contributed by atoms with van der Waals surface area (Å²) in [6.07, 6.45) is 1.42. The minimum atomic E-state index is -0.291. The number of morpholine rings is 1. The maximum atomic E-state index is 12.6. The molecule has 2 N–H and O–H groups in total. The van der Waals surface area contributed by atoms with E-state index in [0.717, 1.165) is 5.01 Å². The van der Waals surface area contributed by atoms with E-state index in [9.17, 15) is 4.79 Å². The molecule has 1 saturated heterocycles. The average Bonchev–Trinajstić information content (AvgIpc) is 3.18. The third kappa shape index (κ3) is 3.48. The van der Waals surface area contributed by atoms with Gasteiger partial charge in [0.25, 0.3) is 0 Å². The summed E-state index contributed by atoms with van der Waals surface area (Å²) in [7, 11) is 0. The van der Waals surface area contributed by atoms with Gasteiger partial charge in [-0.3, -0.25) is 10.4 Å². The zero-order valence-electron chi connectivity index (χ0n) is 13.2. The topological polar surface area (TPSA) is 109 Å². The molecule has 2 aromatic rings. The number of hydrogen-bond donors (Lipinski definition) is 2. The molecule has 23 heavy (non-hydrogen) atoms. The Bertz CT molecular complexity index is 664. The van der Waals surface area contributed by atoms with Gasteiger partial charge in [-0.1, -0.05) is 32.1 Å². The monoisotopic (exact) mass is 337 g/mol. The van der Waals surface area contributed by atoms with E-state index < -0.39 is 0 Å². The fourth-order valence-electron chi connectivity index (χ4n) is 2.19. The first-order valence-electron chi connectivity index (χ1n) is 7.30. The van der Waals surface area contributed by atoms with Crippen molar-refractivity contribution in [3.8, 4) is 0 Å². The van der Waals surface area contributed by atoms with Crippen molar-refractivity contribution in [3.63, 3.8) is 0 Å². The van der Waals surface area contributed by atoms with Crippen LogP contribution in [-0.4, -0.2) is 56.1 Å². The Morgan fingerprint density at radius 2 is 2.30 bits per heavy atom. The lowest BCUT2D eigenvalue weighted by atomic mass is 9.98. The van der Waals surface area contributed by atoms with Crippen molar-refractivity contribution in [2.75, 3.05) is 25.1 Å². The molecule has 1 fully saturated rings. The van der Waals surface area contributed by atoms with Gasteiger partial charge in [-0.15, -0.1) is 10.2 Å². The maximum Gasteiger partial charge on any atom is 0.324 e. The molecule has 3 rings (SSSR count). The van der Waals surface area contributed by atoms with Gasteiger partial charge in [-0.2, -0.15) is 5.10 Å². The summed E-state index contributed by atoms with van der Waals surface area (Å²) in [5, 5.41) is 19.0. The van der Waals surface area contributed by atoms with Gasteiger partial charge >= 0.3 is 6.03 Å². The van der Waals surface area contributed by atoms with Crippen molar-refractivity contribution < 1.29 is 9.53 Å². The third-order valence-corrected chi connectivity index (χ3v) is 4.68. The predicted molar refractivity (Wildman–Crippen MR) is 84.3 cm³/mol. The molecular formula is C13H19N7O2S. The van der Waals surface area contributed by atoms with Crippen LogP contribution in [0.1, 0.15) is 37.6 Å². The predicted octanol–water partition coefficient (Wildman–Crippen LogP) is 1.56. The molecule has 0 spiro atoms. The number of carbonyl (C=O) groups is 1. The minimum Gasteiger partial charge on any atom is -0.377 e. The Balaban J connectivity index is 1.72. The number of nitrogens with zero attached hydrogens (tertiary/aromatic N) is 5.